The second-order valence-electron chi connectivity index (χ2n) is 3.27. The quantitative estimate of drug-likeness (QED) is 0.310. The summed E-state index contributed by atoms with van der Waals surface area (Å²) < 4.78 is 49.6. The Kier molecular flexibility index (Phi) is 8.08. The molecule has 0 fully saturated rings. The van der Waals surface area contributed by atoms with Crippen molar-refractivity contribution in [1.29, 1.82) is 0 Å². The molecule has 0 aromatic carbocycles. The zero-order valence-corrected chi connectivity index (χ0v) is 8.77. The third kappa shape index (κ3) is 22.6. The van der Waals surface area contributed by atoms with Crippen LogP contribution in [0.15, 0.2) is 0 Å². The van der Waals surface area contributed by atoms with Crippen LogP contribution in [0.25, 0.3) is 0 Å². The van der Waals surface area contributed by atoms with Gasteiger partial charge in [0.1, 0.15) is 0 Å². The lowest BCUT2D eigenvalue weighted by Gasteiger charge is -2.26. The topological polar surface area (TPSA) is 18.5 Å². The molecule has 0 rings (SSSR count). The molecule has 3 nitrogen and oxygen atoms in total. The first kappa shape index (κ1) is 16.1. The summed E-state index contributed by atoms with van der Waals surface area (Å²) in [5.74, 6) is 0. The second kappa shape index (κ2) is 7.02. The minimum atomic E-state index is -6.00. The number of quaternary nitrogens is 1. The average molecular weight is 221 g/mol. The number of hydrogen-bond donors (Lipinski definition) is 0. The van der Waals surface area contributed by atoms with Gasteiger partial charge in [-0.25, -0.2) is 0 Å². The second-order valence-corrected chi connectivity index (χ2v) is 3.27. The average Bonchev–Trinajstić information content (AvgIpc) is 1.81. The molecule has 0 unspecified atom stereocenters. The van der Waals surface area contributed by atoms with Crippen molar-refractivity contribution in [3.8, 4) is 0 Å². The molecular weight excluding hydrogens is 205 g/mol. The van der Waals surface area contributed by atoms with Crippen molar-refractivity contribution < 1.29 is 31.2 Å². The minimum Gasteiger partial charge on any atom is -0.418 e. The van der Waals surface area contributed by atoms with E-state index >= 15 is 0 Å². The molecule has 0 saturated heterocycles. The standard InChI is InChI=1S/C6H16NO2.BF4/c1-7(2,5-8-3)6-9-4;2-1(3,4)5/h5-6H2,1-4H3;/q+1;-1. The molecule has 0 atom stereocenters. The van der Waals surface area contributed by atoms with E-state index in [2.05, 4.69) is 0 Å². The normalized spacial score (nSPS) is 12.0. The summed E-state index contributed by atoms with van der Waals surface area (Å²) >= 11 is 0. The fraction of sp³-hybridized carbons (Fsp3) is 1.00. The van der Waals surface area contributed by atoms with E-state index in [0.717, 1.165) is 4.48 Å². The lowest BCUT2D eigenvalue weighted by Crippen LogP contribution is -2.42. The van der Waals surface area contributed by atoms with Gasteiger partial charge in [-0.1, -0.05) is 0 Å². The number of halogens is 4. The van der Waals surface area contributed by atoms with E-state index in [1.807, 2.05) is 14.1 Å². The molecule has 0 amide bonds. The van der Waals surface area contributed by atoms with Crippen molar-refractivity contribution in [3.63, 3.8) is 0 Å². The highest BCUT2D eigenvalue weighted by atomic mass is 19.5. The van der Waals surface area contributed by atoms with Crippen LogP contribution < -0.4 is 0 Å². The fourth-order valence-electron chi connectivity index (χ4n) is 0.736. The molecule has 0 aliphatic heterocycles. The van der Waals surface area contributed by atoms with Crippen molar-refractivity contribution >= 4 is 7.25 Å². The Bertz CT molecular complexity index is 128. The Morgan fingerprint density at radius 2 is 1.14 bits per heavy atom. The Hall–Kier alpha value is -0.335. The Morgan fingerprint density at radius 3 is 1.29 bits per heavy atom. The number of methoxy groups -OCH3 is 2. The fourth-order valence-corrected chi connectivity index (χ4v) is 0.736. The van der Waals surface area contributed by atoms with Gasteiger partial charge in [0.25, 0.3) is 0 Å². The van der Waals surface area contributed by atoms with Crippen LogP contribution in [0.2, 0.25) is 0 Å². The van der Waals surface area contributed by atoms with Gasteiger partial charge in [0.05, 0.1) is 14.1 Å². The molecule has 0 spiro atoms. The van der Waals surface area contributed by atoms with E-state index in [1.54, 1.807) is 14.2 Å². The molecule has 14 heavy (non-hydrogen) atoms. The first-order valence-electron chi connectivity index (χ1n) is 3.79. The number of rotatable bonds is 4. The smallest absolute Gasteiger partial charge is 0.418 e. The molecule has 0 heterocycles. The molecule has 0 saturated carbocycles. The summed E-state index contributed by atoms with van der Waals surface area (Å²) in [6, 6.07) is 0. The Labute approximate surface area is 81.3 Å². The first-order valence-corrected chi connectivity index (χ1v) is 3.79. The largest absolute Gasteiger partial charge is 0.673 e. The molecule has 0 aromatic heterocycles. The van der Waals surface area contributed by atoms with Gasteiger partial charge in [0.2, 0.25) is 0 Å². The van der Waals surface area contributed by atoms with Gasteiger partial charge in [0, 0.05) is 14.2 Å². The summed E-state index contributed by atoms with van der Waals surface area (Å²) in [5.41, 5.74) is 0. The summed E-state index contributed by atoms with van der Waals surface area (Å²) in [5, 5.41) is 0. The van der Waals surface area contributed by atoms with E-state index in [0.29, 0.717) is 13.5 Å². The van der Waals surface area contributed by atoms with E-state index in [-0.39, 0.29) is 0 Å². The molecule has 0 bridgehead atoms. The summed E-state index contributed by atoms with van der Waals surface area (Å²) in [4.78, 5) is 0. The SMILES string of the molecule is COC[N+](C)(C)COC.F[B-](F)(F)F. The maximum absolute atomic E-state index is 9.75. The molecule has 0 N–H and O–H groups in total. The van der Waals surface area contributed by atoms with E-state index < -0.39 is 7.25 Å². The van der Waals surface area contributed by atoms with Gasteiger partial charge in [-0.3, -0.25) is 4.48 Å². The van der Waals surface area contributed by atoms with Gasteiger partial charge < -0.3 is 26.7 Å². The molecule has 0 radical (unpaired) electrons. The highest BCUT2D eigenvalue weighted by Gasteiger charge is 2.20. The molecule has 88 valence electrons. The highest BCUT2D eigenvalue weighted by Crippen LogP contribution is 2.06. The lowest BCUT2D eigenvalue weighted by atomic mass is 10.3. The zero-order valence-electron chi connectivity index (χ0n) is 8.77. The number of ether oxygens (including phenoxy) is 2. The van der Waals surface area contributed by atoms with Crippen molar-refractivity contribution in [2.75, 3.05) is 41.8 Å². The maximum Gasteiger partial charge on any atom is 0.673 e. The van der Waals surface area contributed by atoms with Crippen LogP contribution in [0.4, 0.5) is 17.3 Å². The zero-order chi connectivity index (χ0) is 11.8. The lowest BCUT2D eigenvalue weighted by molar-refractivity contribution is -0.926. The Balaban J connectivity index is 0. The third-order valence-electron chi connectivity index (χ3n) is 0.957. The van der Waals surface area contributed by atoms with Crippen LogP contribution in [0.3, 0.4) is 0 Å². The van der Waals surface area contributed by atoms with E-state index in [4.69, 9.17) is 9.47 Å². The van der Waals surface area contributed by atoms with Gasteiger partial charge in [-0.2, -0.15) is 0 Å². The predicted molar refractivity (Wildman–Crippen MR) is 46.0 cm³/mol. The van der Waals surface area contributed by atoms with Gasteiger partial charge in [-0.15, -0.1) is 0 Å². The Morgan fingerprint density at radius 1 is 0.929 bits per heavy atom. The van der Waals surface area contributed by atoms with Crippen LogP contribution in [0, 0.1) is 0 Å². The predicted octanol–water partition coefficient (Wildman–Crippen LogP) is 1.57. The van der Waals surface area contributed by atoms with Crippen LogP contribution in [-0.4, -0.2) is 53.5 Å². The highest BCUT2D eigenvalue weighted by molar-refractivity contribution is 6.50. The number of nitrogens with zero attached hydrogens (tertiary/aromatic N) is 1. The van der Waals surface area contributed by atoms with E-state index in [9.17, 15) is 17.3 Å². The minimum absolute atomic E-state index is 0.688. The van der Waals surface area contributed by atoms with Crippen molar-refractivity contribution in [2.45, 2.75) is 0 Å². The molecular formula is C6H16BF4NO2. The first-order chi connectivity index (χ1) is 6.12. The summed E-state index contributed by atoms with van der Waals surface area (Å²) in [6.07, 6.45) is 0. The molecule has 0 aromatic rings. The van der Waals surface area contributed by atoms with Crippen molar-refractivity contribution in [2.24, 2.45) is 0 Å². The number of hydrogen-bond acceptors (Lipinski definition) is 2. The van der Waals surface area contributed by atoms with Crippen LogP contribution in [0.1, 0.15) is 0 Å². The van der Waals surface area contributed by atoms with Crippen molar-refractivity contribution in [3.05, 3.63) is 0 Å². The molecule has 8 heteroatoms. The van der Waals surface area contributed by atoms with Gasteiger partial charge in [-0.05, 0) is 0 Å². The molecule has 0 aliphatic carbocycles. The van der Waals surface area contributed by atoms with Gasteiger partial charge >= 0.3 is 7.25 Å². The maximum atomic E-state index is 9.75. The van der Waals surface area contributed by atoms with Crippen LogP contribution in [-0.2, 0) is 9.47 Å². The summed E-state index contributed by atoms with van der Waals surface area (Å²) in [6.45, 7) is 1.38. The van der Waals surface area contributed by atoms with E-state index in [1.165, 1.54) is 0 Å². The monoisotopic (exact) mass is 221 g/mol. The van der Waals surface area contributed by atoms with Crippen LogP contribution in [0.5, 0.6) is 0 Å². The van der Waals surface area contributed by atoms with Crippen LogP contribution >= 0.6 is 0 Å². The summed E-state index contributed by atoms with van der Waals surface area (Å²) in [7, 11) is 1.48. The third-order valence-corrected chi connectivity index (χ3v) is 0.957. The van der Waals surface area contributed by atoms with Crippen molar-refractivity contribution in [1.82, 2.24) is 0 Å². The van der Waals surface area contributed by atoms with Gasteiger partial charge in [0.15, 0.2) is 13.5 Å². The molecule has 0 aliphatic rings.